The Balaban J connectivity index is 1.13. The molecule has 5 heteroatoms. The Morgan fingerprint density at radius 1 is 0.447 bits per heavy atom. The molecule has 4 nitrogen and oxygen atoms in total. The van der Waals surface area contributed by atoms with Crippen molar-refractivity contribution in [2.45, 2.75) is 0 Å². The van der Waals surface area contributed by atoms with Gasteiger partial charge in [0.25, 0.3) is 0 Å². The maximum Gasteiger partial charge on any atom is 0.153 e. The number of hydrogen-bond donors (Lipinski definition) is 0. The summed E-state index contributed by atoms with van der Waals surface area (Å²) in [6.07, 6.45) is 0. The molecule has 1 aliphatic rings. The van der Waals surface area contributed by atoms with Crippen LogP contribution in [0, 0.1) is 0 Å². The number of thiophene rings is 1. The Bertz CT molecular complexity index is 2640. The molecule has 0 aliphatic carbocycles. The summed E-state index contributed by atoms with van der Waals surface area (Å²) in [7, 11) is 0. The van der Waals surface area contributed by atoms with Crippen LogP contribution in [0.4, 0.5) is 34.1 Å². The second kappa shape index (κ2) is 10.2. The molecule has 0 fully saturated rings. The average molecular weight is 623 g/mol. The second-order valence-corrected chi connectivity index (χ2v) is 12.9. The van der Waals surface area contributed by atoms with Crippen LogP contribution in [-0.2, 0) is 0 Å². The van der Waals surface area contributed by atoms with Crippen LogP contribution in [0.2, 0.25) is 0 Å². The van der Waals surface area contributed by atoms with Crippen molar-refractivity contribution in [3.05, 3.63) is 158 Å². The van der Waals surface area contributed by atoms with Crippen molar-refractivity contribution < 1.29 is 9.15 Å². The summed E-state index contributed by atoms with van der Waals surface area (Å²) in [6.45, 7) is 0. The Labute approximate surface area is 274 Å². The minimum atomic E-state index is 0.787. The molecule has 0 bridgehead atoms. The van der Waals surface area contributed by atoms with Gasteiger partial charge in [-0.05, 0) is 72.8 Å². The number of anilines is 6. The van der Waals surface area contributed by atoms with E-state index in [-0.39, 0.29) is 0 Å². The van der Waals surface area contributed by atoms with Crippen LogP contribution in [0.15, 0.2) is 162 Å². The van der Waals surface area contributed by atoms with Gasteiger partial charge in [-0.3, -0.25) is 0 Å². The second-order valence-electron chi connectivity index (χ2n) is 11.8. The highest BCUT2D eigenvalue weighted by Gasteiger charge is 2.28. The summed E-state index contributed by atoms with van der Waals surface area (Å²) in [5, 5.41) is 4.81. The lowest BCUT2D eigenvalue weighted by molar-refractivity contribution is 0.477. The molecular weight excluding hydrogens is 597 g/mol. The molecule has 1 aliphatic heterocycles. The molecule has 2 aromatic heterocycles. The van der Waals surface area contributed by atoms with Gasteiger partial charge in [0.05, 0.1) is 17.1 Å². The van der Waals surface area contributed by atoms with Crippen molar-refractivity contribution in [3.8, 4) is 11.5 Å². The Morgan fingerprint density at radius 3 is 2.06 bits per heavy atom. The predicted molar refractivity (Wildman–Crippen MR) is 196 cm³/mol. The van der Waals surface area contributed by atoms with Gasteiger partial charge >= 0.3 is 0 Å². The van der Waals surface area contributed by atoms with Crippen LogP contribution in [0.1, 0.15) is 0 Å². The van der Waals surface area contributed by atoms with Crippen molar-refractivity contribution in [2.75, 3.05) is 9.80 Å². The third-order valence-electron chi connectivity index (χ3n) is 9.02. The molecule has 0 N–H and O–H groups in total. The van der Waals surface area contributed by atoms with Crippen molar-refractivity contribution in [3.63, 3.8) is 0 Å². The van der Waals surface area contributed by atoms with Crippen LogP contribution < -0.4 is 14.5 Å². The van der Waals surface area contributed by atoms with Gasteiger partial charge in [0.1, 0.15) is 11.2 Å². The first-order chi connectivity index (χ1) is 23.3. The van der Waals surface area contributed by atoms with Crippen LogP contribution in [-0.4, -0.2) is 0 Å². The number of para-hydroxylation sites is 4. The van der Waals surface area contributed by atoms with Crippen molar-refractivity contribution in [1.29, 1.82) is 0 Å². The molecule has 0 saturated heterocycles. The van der Waals surface area contributed by atoms with Gasteiger partial charge in [0.15, 0.2) is 11.5 Å². The number of benzene rings is 7. The molecule has 0 saturated carbocycles. The van der Waals surface area contributed by atoms with Gasteiger partial charge in [-0.25, -0.2) is 0 Å². The summed E-state index contributed by atoms with van der Waals surface area (Å²) in [5.74, 6) is 1.59. The van der Waals surface area contributed by atoms with Crippen LogP contribution >= 0.6 is 11.3 Å². The van der Waals surface area contributed by atoms with E-state index in [0.717, 1.165) is 67.6 Å². The summed E-state index contributed by atoms with van der Waals surface area (Å²) >= 11 is 1.83. The summed E-state index contributed by atoms with van der Waals surface area (Å²) in [5.41, 5.74) is 7.91. The molecule has 10 rings (SSSR count). The van der Waals surface area contributed by atoms with E-state index in [1.54, 1.807) is 0 Å². The van der Waals surface area contributed by atoms with Gasteiger partial charge in [0.2, 0.25) is 0 Å². The largest absolute Gasteiger partial charge is 0.456 e. The molecule has 0 spiro atoms. The molecule has 9 aromatic rings. The van der Waals surface area contributed by atoms with Crippen LogP contribution in [0.5, 0.6) is 11.5 Å². The number of fused-ring (bicyclic) bond motifs is 8. The lowest BCUT2D eigenvalue weighted by Gasteiger charge is -2.34. The summed E-state index contributed by atoms with van der Waals surface area (Å²) in [4.78, 5) is 4.57. The zero-order valence-electron chi connectivity index (χ0n) is 25.1. The number of ether oxygens (including phenoxy) is 1. The quantitative estimate of drug-likeness (QED) is 0.195. The highest BCUT2D eigenvalue weighted by Crippen LogP contribution is 2.53. The fourth-order valence-electron chi connectivity index (χ4n) is 6.89. The van der Waals surface area contributed by atoms with Crippen molar-refractivity contribution in [2.24, 2.45) is 0 Å². The summed E-state index contributed by atoms with van der Waals surface area (Å²) in [6, 6.07) is 55.3. The molecule has 3 heterocycles. The van der Waals surface area contributed by atoms with E-state index >= 15 is 0 Å². The first-order valence-electron chi connectivity index (χ1n) is 15.7. The van der Waals surface area contributed by atoms with Crippen molar-refractivity contribution in [1.82, 2.24) is 0 Å². The van der Waals surface area contributed by atoms with Crippen LogP contribution in [0.3, 0.4) is 0 Å². The third-order valence-corrected chi connectivity index (χ3v) is 10.2. The first-order valence-corrected chi connectivity index (χ1v) is 16.5. The van der Waals surface area contributed by atoms with E-state index in [0.29, 0.717) is 0 Å². The number of hydrogen-bond acceptors (Lipinski definition) is 5. The maximum atomic E-state index is 6.65. The van der Waals surface area contributed by atoms with E-state index in [1.807, 2.05) is 35.6 Å². The lowest BCUT2D eigenvalue weighted by atomic mass is 10.1. The third kappa shape index (κ3) is 4.14. The van der Waals surface area contributed by atoms with Crippen molar-refractivity contribution >= 4 is 87.6 Å². The Kier molecular flexibility index (Phi) is 5.71. The highest BCUT2D eigenvalue weighted by atomic mass is 32.1. The molecule has 222 valence electrons. The smallest absolute Gasteiger partial charge is 0.153 e. The minimum Gasteiger partial charge on any atom is -0.456 e. The topological polar surface area (TPSA) is 28.9 Å². The standard InChI is InChI=1S/C42H26N2O2S/c1-2-10-27(11-3-1)43(30-19-22-34-33-13-5-9-17-41(33)47-42(34)26-30)28-20-23-36-40(25-28)46-38-16-8-6-14-35(38)44(36)29-18-21-32-31-12-4-7-15-37(31)45-39(32)24-29/h1-26H. The average Bonchev–Trinajstić information content (AvgIpc) is 3.68. The molecule has 0 amide bonds. The fraction of sp³-hybridized carbons (Fsp3) is 0. The van der Waals surface area contributed by atoms with E-state index in [4.69, 9.17) is 9.15 Å². The SMILES string of the molecule is c1ccc(N(c2ccc3c(c2)Oc2ccccc2N3c2ccc3c(c2)oc2ccccc23)c2ccc3c(c2)sc2ccccc23)cc1. The van der Waals surface area contributed by atoms with E-state index < -0.39 is 0 Å². The van der Waals surface area contributed by atoms with E-state index in [9.17, 15) is 0 Å². The zero-order chi connectivity index (χ0) is 30.9. The lowest BCUT2D eigenvalue weighted by Crippen LogP contribution is -2.16. The van der Waals surface area contributed by atoms with E-state index in [2.05, 4.69) is 143 Å². The number of rotatable bonds is 4. The maximum absolute atomic E-state index is 6.65. The Morgan fingerprint density at radius 2 is 1.13 bits per heavy atom. The highest BCUT2D eigenvalue weighted by molar-refractivity contribution is 7.25. The van der Waals surface area contributed by atoms with E-state index in [1.165, 1.54) is 20.2 Å². The normalized spacial score (nSPS) is 12.4. The molecule has 7 aromatic carbocycles. The fourth-order valence-corrected chi connectivity index (χ4v) is 8.03. The molecule has 0 unspecified atom stereocenters. The number of furan rings is 1. The number of nitrogens with zero attached hydrogens (tertiary/aromatic N) is 2. The molecular formula is C42H26N2O2S. The first kappa shape index (κ1) is 26.2. The summed E-state index contributed by atoms with van der Waals surface area (Å²) < 4.78 is 15.5. The Hall–Kier alpha value is -6.04. The zero-order valence-corrected chi connectivity index (χ0v) is 25.9. The molecule has 47 heavy (non-hydrogen) atoms. The predicted octanol–water partition coefficient (Wildman–Crippen LogP) is 13.0. The van der Waals surface area contributed by atoms with Gasteiger partial charge in [0, 0.05) is 60.1 Å². The van der Waals surface area contributed by atoms with Gasteiger partial charge < -0.3 is 19.0 Å². The van der Waals surface area contributed by atoms with Gasteiger partial charge in [-0.2, -0.15) is 0 Å². The monoisotopic (exact) mass is 622 g/mol. The molecule has 0 radical (unpaired) electrons. The minimum absolute atomic E-state index is 0.787. The van der Waals surface area contributed by atoms with Gasteiger partial charge in [-0.1, -0.05) is 72.8 Å². The van der Waals surface area contributed by atoms with Crippen LogP contribution in [0.25, 0.3) is 42.1 Å². The van der Waals surface area contributed by atoms with Gasteiger partial charge in [-0.15, -0.1) is 11.3 Å². The molecule has 0 atom stereocenters.